The van der Waals surface area contributed by atoms with Crippen molar-refractivity contribution in [2.75, 3.05) is 13.7 Å². The summed E-state index contributed by atoms with van der Waals surface area (Å²) in [5, 5.41) is 0. The summed E-state index contributed by atoms with van der Waals surface area (Å²) in [4.78, 5) is 11.4. The Morgan fingerprint density at radius 3 is 2.92 bits per heavy atom. The number of rotatable bonds is 5. The molecule has 0 aromatic rings. The Morgan fingerprint density at radius 2 is 2.23 bits per heavy atom. The number of ketones is 1. The van der Waals surface area contributed by atoms with Crippen LogP contribution in [0, 0.1) is 5.92 Å². The molecular weight excluding hydrogens is 164 g/mol. The summed E-state index contributed by atoms with van der Waals surface area (Å²) in [6.45, 7) is 0.834. The molecule has 76 valence electrons. The van der Waals surface area contributed by atoms with Gasteiger partial charge in [0.15, 0.2) is 0 Å². The highest BCUT2D eigenvalue weighted by atomic mass is 16.5. The molecule has 1 aliphatic carbocycles. The van der Waals surface area contributed by atoms with Crippen molar-refractivity contribution < 1.29 is 9.53 Å². The minimum Gasteiger partial charge on any atom is -0.385 e. The van der Waals surface area contributed by atoms with E-state index in [4.69, 9.17) is 4.74 Å². The summed E-state index contributed by atoms with van der Waals surface area (Å²) < 4.78 is 4.97. The Kier molecular flexibility index (Phi) is 5.06. The normalized spacial score (nSPS) is 23.5. The first-order valence-corrected chi connectivity index (χ1v) is 5.36. The van der Waals surface area contributed by atoms with Crippen LogP contribution in [0.4, 0.5) is 0 Å². The molecule has 2 nitrogen and oxygen atoms in total. The highest BCUT2D eigenvalue weighted by molar-refractivity contribution is 5.81. The Labute approximate surface area is 80.7 Å². The van der Waals surface area contributed by atoms with E-state index in [9.17, 15) is 4.79 Å². The van der Waals surface area contributed by atoms with Crippen LogP contribution >= 0.6 is 0 Å². The van der Waals surface area contributed by atoms with E-state index in [1.807, 2.05) is 0 Å². The van der Waals surface area contributed by atoms with Gasteiger partial charge in [-0.15, -0.1) is 0 Å². The second-order valence-corrected chi connectivity index (χ2v) is 3.90. The highest BCUT2D eigenvalue weighted by Gasteiger charge is 2.20. The van der Waals surface area contributed by atoms with Gasteiger partial charge in [-0.2, -0.15) is 0 Å². The van der Waals surface area contributed by atoms with Crippen LogP contribution in [0.15, 0.2) is 0 Å². The van der Waals surface area contributed by atoms with E-state index in [-0.39, 0.29) is 0 Å². The van der Waals surface area contributed by atoms with Crippen LogP contribution in [0.25, 0.3) is 0 Å². The predicted molar refractivity (Wildman–Crippen MR) is 52.7 cm³/mol. The molecular formula is C11H20O2. The van der Waals surface area contributed by atoms with Crippen LogP contribution in [0.5, 0.6) is 0 Å². The summed E-state index contributed by atoms with van der Waals surface area (Å²) in [5.74, 6) is 0.884. The van der Waals surface area contributed by atoms with Crippen molar-refractivity contribution in [3.05, 3.63) is 0 Å². The van der Waals surface area contributed by atoms with Crippen LogP contribution in [0.2, 0.25) is 0 Å². The summed E-state index contributed by atoms with van der Waals surface area (Å²) >= 11 is 0. The quantitative estimate of drug-likeness (QED) is 0.614. The van der Waals surface area contributed by atoms with Crippen LogP contribution < -0.4 is 0 Å². The molecule has 0 saturated heterocycles. The SMILES string of the molecule is COCCCCC1CCCCC1=O. The molecule has 13 heavy (non-hydrogen) atoms. The lowest BCUT2D eigenvalue weighted by Gasteiger charge is -2.19. The first-order valence-electron chi connectivity index (χ1n) is 5.36. The summed E-state index contributed by atoms with van der Waals surface area (Å²) in [5.41, 5.74) is 0. The number of carbonyl (C=O) groups excluding carboxylic acids is 1. The van der Waals surface area contributed by atoms with E-state index in [2.05, 4.69) is 0 Å². The number of ether oxygens (including phenoxy) is 1. The molecule has 0 aromatic carbocycles. The Bertz CT molecular complexity index is 154. The maximum absolute atomic E-state index is 11.4. The fourth-order valence-corrected chi connectivity index (χ4v) is 2.00. The monoisotopic (exact) mass is 184 g/mol. The van der Waals surface area contributed by atoms with E-state index in [1.165, 1.54) is 6.42 Å². The van der Waals surface area contributed by atoms with Crippen molar-refractivity contribution >= 4 is 5.78 Å². The number of unbranched alkanes of at least 4 members (excludes halogenated alkanes) is 1. The largest absolute Gasteiger partial charge is 0.385 e. The molecule has 1 aliphatic rings. The van der Waals surface area contributed by atoms with Gasteiger partial charge in [0.1, 0.15) is 5.78 Å². The van der Waals surface area contributed by atoms with Crippen LogP contribution in [0.1, 0.15) is 44.9 Å². The number of Topliss-reactive ketones (excluding diaryl/α,β-unsaturated/α-hetero) is 1. The van der Waals surface area contributed by atoms with E-state index in [0.717, 1.165) is 45.1 Å². The third-order valence-corrected chi connectivity index (χ3v) is 2.83. The first-order chi connectivity index (χ1) is 6.34. The zero-order valence-corrected chi connectivity index (χ0v) is 8.55. The number of carbonyl (C=O) groups is 1. The topological polar surface area (TPSA) is 26.3 Å². The number of methoxy groups -OCH3 is 1. The summed E-state index contributed by atoms with van der Waals surface area (Å²) in [7, 11) is 1.73. The minimum absolute atomic E-state index is 0.380. The van der Waals surface area contributed by atoms with Crippen molar-refractivity contribution in [3.8, 4) is 0 Å². The molecule has 0 radical (unpaired) electrons. The molecule has 0 aromatic heterocycles. The Balaban J connectivity index is 2.08. The summed E-state index contributed by atoms with van der Waals surface area (Å²) in [6, 6.07) is 0. The minimum atomic E-state index is 0.380. The average molecular weight is 184 g/mol. The average Bonchev–Trinajstić information content (AvgIpc) is 2.15. The molecule has 1 saturated carbocycles. The molecule has 1 fully saturated rings. The van der Waals surface area contributed by atoms with Crippen molar-refractivity contribution in [2.24, 2.45) is 5.92 Å². The van der Waals surface area contributed by atoms with Crippen LogP contribution in [0.3, 0.4) is 0 Å². The van der Waals surface area contributed by atoms with E-state index >= 15 is 0 Å². The lowest BCUT2D eigenvalue weighted by Crippen LogP contribution is -2.18. The van der Waals surface area contributed by atoms with E-state index in [1.54, 1.807) is 7.11 Å². The third kappa shape index (κ3) is 3.90. The number of hydrogen-bond acceptors (Lipinski definition) is 2. The predicted octanol–water partition coefficient (Wildman–Crippen LogP) is 2.56. The third-order valence-electron chi connectivity index (χ3n) is 2.83. The maximum Gasteiger partial charge on any atom is 0.135 e. The van der Waals surface area contributed by atoms with Gasteiger partial charge < -0.3 is 4.74 Å². The van der Waals surface area contributed by atoms with Gasteiger partial charge in [-0.1, -0.05) is 12.8 Å². The van der Waals surface area contributed by atoms with Crippen LogP contribution in [-0.2, 0) is 9.53 Å². The van der Waals surface area contributed by atoms with E-state index < -0.39 is 0 Å². The molecule has 2 heteroatoms. The zero-order valence-electron chi connectivity index (χ0n) is 8.55. The van der Waals surface area contributed by atoms with Gasteiger partial charge >= 0.3 is 0 Å². The molecule has 0 heterocycles. The van der Waals surface area contributed by atoms with Crippen molar-refractivity contribution in [3.63, 3.8) is 0 Å². The highest BCUT2D eigenvalue weighted by Crippen LogP contribution is 2.24. The Morgan fingerprint density at radius 1 is 1.38 bits per heavy atom. The molecule has 0 bridgehead atoms. The van der Waals surface area contributed by atoms with Gasteiger partial charge in [0.25, 0.3) is 0 Å². The van der Waals surface area contributed by atoms with Gasteiger partial charge in [0, 0.05) is 26.1 Å². The van der Waals surface area contributed by atoms with Gasteiger partial charge in [-0.3, -0.25) is 4.79 Å². The van der Waals surface area contributed by atoms with E-state index in [0.29, 0.717) is 11.7 Å². The molecule has 0 N–H and O–H groups in total. The van der Waals surface area contributed by atoms with Crippen molar-refractivity contribution in [1.82, 2.24) is 0 Å². The zero-order chi connectivity index (χ0) is 9.52. The smallest absolute Gasteiger partial charge is 0.135 e. The molecule has 1 atom stereocenters. The second-order valence-electron chi connectivity index (χ2n) is 3.90. The van der Waals surface area contributed by atoms with Gasteiger partial charge in [-0.25, -0.2) is 0 Å². The van der Waals surface area contributed by atoms with Gasteiger partial charge in [0.05, 0.1) is 0 Å². The summed E-state index contributed by atoms with van der Waals surface area (Å²) in [6.07, 6.45) is 7.65. The molecule has 1 unspecified atom stereocenters. The van der Waals surface area contributed by atoms with Crippen molar-refractivity contribution in [1.29, 1.82) is 0 Å². The van der Waals surface area contributed by atoms with Crippen molar-refractivity contribution in [2.45, 2.75) is 44.9 Å². The molecule has 0 amide bonds. The van der Waals surface area contributed by atoms with Crippen LogP contribution in [-0.4, -0.2) is 19.5 Å². The molecule has 1 rings (SSSR count). The molecule has 0 aliphatic heterocycles. The van der Waals surface area contributed by atoms with Gasteiger partial charge in [-0.05, 0) is 25.7 Å². The lowest BCUT2D eigenvalue weighted by molar-refractivity contribution is -0.124. The van der Waals surface area contributed by atoms with Gasteiger partial charge in [0.2, 0.25) is 0 Å². The standard InChI is InChI=1S/C11H20O2/c1-13-9-5-4-7-10-6-2-3-8-11(10)12/h10H,2-9H2,1H3. The number of hydrogen-bond donors (Lipinski definition) is 0. The maximum atomic E-state index is 11.4. The fourth-order valence-electron chi connectivity index (χ4n) is 2.00. The lowest BCUT2D eigenvalue weighted by atomic mass is 9.85. The molecule has 0 spiro atoms. The second kappa shape index (κ2) is 6.14. The Hall–Kier alpha value is -0.370. The fraction of sp³-hybridized carbons (Fsp3) is 0.909. The first kappa shape index (κ1) is 10.7.